The first-order chi connectivity index (χ1) is 13.6. The Kier molecular flexibility index (Phi) is 6.45. The molecule has 1 aliphatic heterocycles. The molecule has 1 heterocycles. The van der Waals surface area contributed by atoms with Crippen molar-refractivity contribution in [2.75, 3.05) is 6.54 Å². The molecular formula is C20H18ClF6NO. The van der Waals surface area contributed by atoms with Gasteiger partial charge in [0.25, 0.3) is 0 Å². The second-order valence-corrected chi connectivity index (χ2v) is 7.27. The zero-order chi connectivity index (χ0) is 21.2. The smallest absolute Gasteiger partial charge is 0.372 e. The highest BCUT2D eigenvalue weighted by Gasteiger charge is 2.37. The predicted octanol–water partition coefficient (Wildman–Crippen LogP) is 6.39. The van der Waals surface area contributed by atoms with Gasteiger partial charge >= 0.3 is 12.4 Å². The number of ether oxygens (including phenoxy) is 1. The summed E-state index contributed by atoms with van der Waals surface area (Å²) in [6, 6.07) is 8.29. The van der Waals surface area contributed by atoms with Gasteiger partial charge in [-0.3, -0.25) is 0 Å². The van der Waals surface area contributed by atoms with Gasteiger partial charge in [-0.2, -0.15) is 26.3 Å². The van der Waals surface area contributed by atoms with E-state index in [4.69, 9.17) is 16.3 Å². The monoisotopic (exact) mass is 437 g/mol. The molecular weight excluding hydrogens is 420 g/mol. The van der Waals surface area contributed by atoms with Crippen LogP contribution in [0.1, 0.15) is 41.1 Å². The van der Waals surface area contributed by atoms with Crippen LogP contribution < -0.4 is 5.32 Å². The van der Waals surface area contributed by atoms with Crippen molar-refractivity contribution in [3.63, 3.8) is 0 Å². The standard InChI is InChI=1S/C20H18ClF6NO/c21-16-5-2-1-4-15(16)18-17(6-3-7-28-18)29-11-12-8-13(19(22,23)24)10-14(9-12)20(25,26)27/h1-2,4-5,8-10,17-18,28H,3,6-7,11H2/t17-,18-/m0/s1. The van der Waals surface area contributed by atoms with Crippen molar-refractivity contribution in [1.29, 1.82) is 0 Å². The zero-order valence-electron chi connectivity index (χ0n) is 15.1. The van der Waals surface area contributed by atoms with Crippen LogP contribution in [0.15, 0.2) is 42.5 Å². The van der Waals surface area contributed by atoms with E-state index in [9.17, 15) is 26.3 Å². The molecule has 2 nitrogen and oxygen atoms in total. The molecule has 0 unspecified atom stereocenters. The van der Waals surface area contributed by atoms with Crippen LogP contribution in [0.25, 0.3) is 0 Å². The number of halogens is 7. The van der Waals surface area contributed by atoms with E-state index in [1.54, 1.807) is 18.2 Å². The predicted molar refractivity (Wildman–Crippen MR) is 96.5 cm³/mol. The van der Waals surface area contributed by atoms with E-state index in [0.29, 0.717) is 30.1 Å². The highest BCUT2D eigenvalue weighted by molar-refractivity contribution is 6.31. The molecule has 1 aliphatic rings. The lowest BCUT2D eigenvalue weighted by Gasteiger charge is -2.33. The van der Waals surface area contributed by atoms with E-state index in [1.807, 2.05) is 6.07 Å². The summed E-state index contributed by atoms with van der Waals surface area (Å²) >= 11 is 6.24. The van der Waals surface area contributed by atoms with Gasteiger partial charge in [-0.1, -0.05) is 29.8 Å². The SMILES string of the molecule is FC(F)(F)c1cc(CO[C@H]2CCCN[C@H]2c2ccccc2Cl)cc(C(F)(F)F)c1. The summed E-state index contributed by atoms with van der Waals surface area (Å²) < 4.78 is 83.9. The molecule has 3 rings (SSSR count). The van der Waals surface area contributed by atoms with Crippen molar-refractivity contribution in [2.45, 2.75) is 43.9 Å². The minimum Gasteiger partial charge on any atom is -0.372 e. The van der Waals surface area contributed by atoms with Gasteiger partial charge in [0, 0.05) is 5.02 Å². The van der Waals surface area contributed by atoms with Crippen molar-refractivity contribution in [3.8, 4) is 0 Å². The fraction of sp³-hybridized carbons (Fsp3) is 0.400. The van der Waals surface area contributed by atoms with Crippen LogP contribution >= 0.6 is 11.6 Å². The lowest BCUT2D eigenvalue weighted by Crippen LogP contribution is -2.39. The van der Waals surface area contributed by atoms with E-state index in [1.165, 1.54) is 0 Å². The van der Waals surface area contributed by atoms with Gasteiger partial charge in [-0.25, -0.2) is 0 Å². The number of nitrogens with one attached hydrogen (secondary N) is 1. The molecule has 158 valence electrons. The van der Waals surface area contributed by atoms with Gasteiger partial charge in [0.15, 0.2) is 0 Å². The fourth-order valence-corrected chi connectivity index (χ4v) is 3.64. The molecule has 0 bridgehead atoms. The van der Waals surface area contributed by atoms with Crippen molar-refractivity contribution in [1.82, 2.24) is 5.32 Å². The van der Waals surface area contributed by atoms with Crippen LogP contribution in [0.3, 0.4) is 0 Å². The van der Waals surface area contributed by atoms with Crippen LogP contribution in [0.2, 0.25) is 5.02 Å². The topological polar surface area (TPSA) is 21.3 Å². The lowest BCUT2D eigenvalue weighted by molar-refractivity contribution is -0.143. The summed E-state index contributed by atoms with van der Waals surface area (Å²) in [5.74, 6) is 0. The normalized spacial score (nSPS) is 20.7. The first kappa shape index (κ1) is 21.9. The minimum atomic E-state index is -4.89. The fourth-order valence-electron chi connectivity index (χ4n) is 3.38. The summed E-state index contributed by atoms with van der Waals surface area (Å²) in [5, 5.41) is 3.78. The van der Waals surface area contributed by atoms with Gasteiger partial charge < -0.3 is 10.1 Å². The van der Waals surface area contributed by atoms with Crippen molar-refractivity contribution in [2.24, 2.45) is 0 Å². The highest BCUT2D eigenvalue weighted by Crippen LogP contribution is 2.37. The number of piperidine rings is 1. The molecule has 0 spiro atoms. The Balaban J connectivity index is 1.83. The Hall–Kier alpha value is -1.77. The van der Waals surface area contributed by atoms with Gasteiger partial charge in [0.2, 0.25) is 0 Å². The third kappa shape index (κ3) is 5.43. The molecule has 2 atom stereocenters. The molecule has 0 radical (unpaired) electrons. The van der Waals surface area contributed by atoms with Gasteiger partial charge in [0.1, 0.15) is 0 Å². The van der Waals surface area contributed by atoms with E-state index in [0.717, 1.165) is 12.0 Å². The molecule has 9 heteroatoms. The van der Waals surface area contributed by atoms with Crippen LogP contribution in [0.4, 0.5) is 26.3 Å². The average molecular weight is 438 g/mol. The van der Waals surface area contributed by atoms with E-state index in [2.05, 4.69) is 5.32 Å². The van der Waals surface area contributed by atoms with E-state index < -0.39 is 29.6 Å². The molecule has 29 heavy (non-hydrogen) atoms. The van der Waals surface area contributed by atoms with Crippen molar-refractivity contribution in [3.05, 3.63) is 69.7 Å². The second kappa shape index (κ2) is 8.53. The third-order valence-electron chi connectivity index (χ3n) is 4.75. The van der Waals surface area contributed by atoms with E-state index >= 15 is 0 Å². The summed E-state index contributed by atoms with van der Waals surface area (Å²) in [5.41, 5.74) is -2.11. The van der Waals surface area contributed by atoms with Crippen molar-refractivity contribution >= 4 is 11.6 Å². The average Bonchev–Trinajstić information content (AvgIpc) is 2.65. The molecule has 1 N–H and O–H groups in total. The van der Waals surface area contributed by atoms with Gasteiger partial charge in [-0.15, -0.1) is 0 Å². The minimum absolute atomic E-state index is 0.109. The molecule has 1 fully saturated rings. The molecule has 2 aromatic carbocycles. The van der Waals surface area contributed by atoms with Crippen LogP contribution in [0, 0.1) is 0 Å². The number of benzene rings is 2. The summed E-state index contributed by atoms with van der Waals surface area (Å²) in [6.07, 6.45) is -8.84. The first-order valence-electron chi connectivity index (χ1n) is 8.93. The Bertz CT molecular complexity index is 819. The molecule has 0 aliphatic carbocycles. The quantitative estimate of drug-likeness (QED) is 0.560. The molecule has 0 aromatic heterocycles. The number of alkyl halides is 6. The summed E-state index contributed by atoms with van der Waals surface area (Å²) in [4.78, 5) is 0. The Labute approximate surface area is 168 Å². The Morgan fingerprint density at radius 1 is 0.966 bits per heavy atom. The van der Waals surface area contributed by atoms with Crippen LogP contribution in [0.5, 0.6) is 0 Å². The molecule has 0 saturated carbocycles. The Morgan fingerprint density at radius 3 is 2.17 bits per heavy atom. The van der Waals surface area contributed by atoms with Crippen LogP contribution in [-0.4, -0.2) is 12.6 Å². The van der Waals surface area contributed by atoms with E-state index in [-0.39, 0.29) is 24.3 Å². The number of hydrogen-bond acceptors (Lipinski definition) is 2. The maximum absolute atomic E-state index is 13.0. The highest BCUT2D eigenvalue weighted by atomic mass is 35.5. The number of hydrogen-bond donors (Lipinski definition) is 1. The maximum Gasteiger partial charge on any atom is 0.416 e. The summed E-state index contributed by atoms with van der Waals surface area (Å²) in [6.45, 7) is 0.331. The molecule has 1 saturated heterocycles. The number of rotatable bonds is 4. The Morgan fingerprint density at radius 2 is 1.59 bits per heavy atom. The zero-order valence-corrected chi connectivity index (χ0v) is 15.8. The summed E-state index contributed by atoms with van der Waals surface area (Å²) in [7, 11) is 0. The van der Waals surface area contributed by atoms with Gasteiger partial charge in [0.05, 0.1) is 29.9 Å². The van der Waals surface area contributed by atoms with Gasteiger partial charge in [-0.05, 0) is 54.8 Å². The van der Waals surface area contributed by atoms with Crippen LogP contribution in [-0.2, 0) is 23.7 Å². The third-order valence-corrected chi connectivity index (χ3v) is 5.10. The molecule has 0 amide bonds. The molecule has 2 aromatic rings. The largest absolute Gasteiger partial charge is 0.416 e. The first-order valence-corrected chi connectivity index (χ1v) is 9.31. The van der Waals surface area contributed by atoms with Crippen molar-refractivity contribution < 1.29 is 31.1 Å². The lowest BCUT2D eigenvalue weighted by atomic mass is 9.94. The second-order valence-electron chi connectivity index (χ2n) is 6.86. The maximum atomic E-state index is 13.0.